The predicted octanol–water partition coefficient (Wildman–Crippen LogP) is 3.85. The van der Waals surface area contributed by atoms with Gasteiger partial charge in [-0.15, -0.1) is 0 Å². The molecule has 2 aromatic carbocycles. The van der Waals surface area contributed by atoms with Crippen molar-refractivity contribution in [1.82, 2.24) is 0 Å². The first-order chi connectivity index (χ1) is 11.5. The molecule has 5 nitrogen and oxygen atoms in total. The fourth-order valence-electron chi connectivity index (χ4n) is 2.16. The van der Waals surface area contributed by atoms with Crippen molar-refractivity contribution in [3.05, 3.63) is 69.3 Å². The maximum Gasteiger partial charge on any atom is 0.349 e. The van der Waals surface area contributed by atoms with Crippen molar-refractivity contribution in [2.75, 3.05) is 12.4 Å². The van der Waals surface area contributed by atoms with E-state index in [-0.39, 0.29) is 16.3 Å². The quantitative estimate of drug-likeness (QED) is 0.731. The maximum absolute atomic E-state index is 13.1. The van der Waals surface area contributed by atoms with E-state index in [0.717, 1.165) is 6.07 Å². The van der Waals surface area contributed by atoms with Crippen LogP contribution in [-0.2, 0) is 0 Å². The monoisotopic (exact) mass is 347 g/mol. The Hall–Kier alpha value is -2.86. The number of amides is 1. The van der Waals surface area contributed by atoms with E-state index in [1.54, 1.807) is 18.2 Å². The number of benzene rings is 2. The summed E-state index contributed by atoms with van der Waals surface area (Å²) >= 11 is 5.67. The lowest BCUT2D eigenvalue weighted by Gasteiger charge is -2.07. The van der Waals surface area contributed by atoms with E-state index < -0.39 is 17.3 Å². The van der Waals surface area contributed by atoms with Crippen molar-refractivity contribution in [3.8, 4) is 5.75 Å². The number of carbonyl (C=O) groups is 1. The molecule has 3 rings (SSSR count). The van der Waals surface area contributed by atoms with E-state index in [1.165, 1.54) is 25.3 Å². The standard InChI is InChI=1S/C17H11ClFNO4/c1-23-11-3-5-15-9(6-11)7-12(17(22)24-15)16(21)20-10-2-4-14(19)13(18)8-10/h2-8H,1H3,(H,20,21). The van der Waals surface area contributed by atoms with Crippen molar-refractivity contribution in [2.45, 2.75) is 0 Å². The number of nitrogens with one attached hydrogen (secondary N) is 1. The third-order valence-electron chi connectivity index (χ3n) is 3.36. The fraction of sp³-hybridized carbons (Fsp3) is 0.0588. The highest BCUT2D eigenvalue weighted by Gasteiger charge is 2.15. The minimum Gasteiger partial charge on any atom is -0.497 e. The van der Waals surface area contributed by atoms with Gasteiger partial charge in [-0.1, -0.05) is 11.6 Å². The summed E-state index contributed by atoms with van der Waals surface area (Å²) in [4.78, 5) is 24.3. The Kier molecular flexibility index (Phi) is 4.22. The molecule has 7 heteroatoms. The van der Waals surface area contributed by atoms with Gasteiger partial charge in [0.25, 0.3) is 5.91 Å². The molecule has 3 aromatic rings. The normalized spacial score (nSPS) is 10.6. The third-order valence-corrected chi connectivity index (χ3v) is 3.65. The van der Waals surface area contributed by atoms with Gasteiger partial charge in [0.1, 0.15) is 22.7 Å². The van der Waals surface area contributed by atoms with Crippen molar-refractivity contribution in [1.29, 1.82) is 0 Å². The molecule has 0 fully saturated rings. The first-order valence-electron chi connectivity index (χ1n) is 6.86. The van der Waals surface area contributed by atoms with Crippen molar-refractivity contribution < 1.29 is 18.3 Å². The van der Waals surface area contributed by atoms with Gasteiger partial charge < -0.3 is 14.5 Å². The van der Waals surface area contributed by atoms with E-state index in [0.29, 0.717) is 16.7 Å². The smallest absolute Gasteiger partial charge is 0.349 e. The Morgan fingerprint density at radius 2 is 2.00 bits per heavy atom. The van der Waals surface area contributed by atoms with Crippen LogP contribution in [0.15, 0.2) is 51.7 Å². The Balaban J connectivity index is 1.97. The minimum absolute atomic E-state index is 0.136. The summed E-state index contributed by atoms with van der Waals surface area (Å²) in [7, 11) is 1.51. The van der Waals surface area contributed by atoms with Crippen LogP contribution in [0.5, 0.6) is 5.75 Å². The highest BCUT2D eigenvalue weighted by molar-refractivity contribution is 6.31. The summed E-state index contributed by atoms with van der Waals surface area (Å²) in [6.45, 7) is 0. The van der Waals surface area contributed by atoms with E-state index >= 15 is 0 Å². The molecule has 1 aromatic heterocycles. The molecule has 1 amide bonds. The topological polar surface area (TPSA) is 68.5 Å². The first kappa shape index (κ1) is 16.0. The Morgan fingerprint density at radius 3 is 2.71 bits per heavy atom. The summed E-state index contributed by atoms with van der Waals surface area (Å²) in [6, 6.07) is 9.98. The van der Waals surface area contributed by atoms with Crippen LogP contribution in [0.2, 0.25) is 5.02 Å². The molecule has 1 heterocycles. The number of rotatable bonds is 3. The second-order valence-corrected chi connectivity index (χ2v) is 5.34. The van der Waals surface area contributed by atoms with Crippen LogP contribution >= 0.6 is 11.6 Å². The average Bonchev–Trinajstić information content (AvgIpc) is 2.57. The number of ether oxygens (including phenoxy) is 1. The highest BCUT2D eigenvalue weighted by atomic mass is 35.5. The summed E-state index contributed by atoms with van der Waals surface area (Å²) in [5, 5.41) is 2.88. The molecule has 0 atom stereocenters. The molecule has 24 heavy (non-hydrogen) atoms. The molecule has 0 spiro atoms. The Labute approximate surface area is 140 Å². The van der Waals surface area contributed by atoms with Crippen LogP contribution in [0.4, 0.5) is 10.1 Å². The molecule has 1 N–H and O–H groups in total. The number of halogens is 2. The molecular formula is C17H11ClFNO4. The maximum atomic E-state index is 13.1. The van der Waals surface area contributed by atoms with Crippen molar-refractivity contribution in [3.63, 3.8) is 0 Å². The zero-order chi connectivity index (χ0) is 17.3. The molecule has 0 aliphatic carbocycles. The minimum atomic E-state index is -0.779. The molecule has 0 radical (unpaired) electrons. The van der Waals surface area contributed by atoms with Gasteiger partial charge >= 0.3 is 5.63 Å². The SMILES string of the molecule is COc1ccc2oc(=O)c(C(=O)Nc3ccc(F)c(Cl)c3)cc2c1. The van der Waals surface area contributed by atoms with Crippen LogP contribution in [0.1, 0.15) is 10.4 Å². The number of fused-ring (bicyclic) bond motifs is 1. The molecule has 0 aliphatic rings. The van der Waals surface area contributed by atoms with Crippen LogP contribution in [-0.4, -0.2) is 13.0 Å². The Morgan fingerprint density at radius 1 is 1.21 bits per heavy atom. The van der Waals surface area contributed by atoms with Gasteiger partial charge in [0, 0.05) is 11.1 Å². The fourth-order valence-corrected chi connectivity index (χ4v) is 2.34. The second-order valence-electron chi connectivity index (χ2n) is 4.93. The van der Waals surface area contributed by atoms with E-state index in [9.17, 15) is 14.0 Å². The molecule has 0 saturated carbocycles. The molecule has 0 aliphatic heterocycles. The van der Waals surface area contributed by atoms with Crippen molar-refractivity contribution in [2.24, 2.45) is 0 Å². The number of anilines is 1. The number of hydrogen-bond donors (Lipinski definition) is 1. The Bertz CT molecular complexity index is 1000. The van der Waals surface area contributed by atoms with Gasteiger partial charge in [-0.25, -0.2) is 9.18 Å². The summed E-state index contributed by atoms with van der Waals surface area (Å²) in [5.41, 5.74) is -0.367. The third kappa shape index (κ3) is 3.09. The summed E-state index contributed by atoms with van der Waals surface area (Å²) < 4.78 is 23.4. The zero-order valence-corrected chi connectivity index (χ0v) is 13.2. The molecule has 0 bridgehead atoms. The highest BCUT2D eigenvalue weighted by Crippen LogP contribution is 2.22. The van der Waals surface area contributed by atoms with Crippen molar-refractivity contribution >= 4 is 34.2 Å². The van der Waals surface area contributed by atoms with Crippen LogP contribution in [0, 0.1) is 5.82 Å². The first-order valence-corrected chi connectivity index (χ1v) is 7.24. The van der Waals surface area contributed by atoms with Gasteiger partial charge in [0.05, 0.1) is 12.1 Å². The average molecular weight is 348 g/mol. The number of hydrogen-bond acceptors (Lipinski definition) is 4. The van der Waals surface area contributed by atoms with Gasteiger partial charge in [0.15, 0.2) is 0 Å². The van der Waals surface area contributed by atoms with Gasteiger partial charge in [0.2, 0.25) is 0 Å². The van der Waals surface area contributed by atoms with Gasteiger partial charge in [-0.2, -0.15) is 0 Å². The lowest BCUT2D eigenvalue weighted by molar-refractivity contribution is 0.102. The van der Waals surface area contributed by atoms with E-state index in [2.05, 4.69) is 5.32 Å². The zero-order valence-electron chi connectivity index (χ0n) is 12.4. The van der Waals surface area contributed by atoms with Gasteiger partial charge in [-0.05, 0) is 42.5 Å². The molecule has 122 valence electrons. The largest absolute Gasteiger partial charge is 0.497 e. The number of methoxy groups -OCH3 is 1. The summed E-state index contributed by atoms with van der Waals surface area (Å²) in [5.74, 6) is -0.726. The van der Waals surface area contributed by atoms with E-state index in [4.69, 9.17) is 20.8 Å². The lowest BCUT2D eigenvalue weighted by Crippen LogP contribution is -2.20. The number of carbonyl (C=O) groups excluding carboxylic acids is 1. The molecule has 0 saturated heterocycles. The van der Waals surface area contributed by atoms with Crippen LogP contribution < -0.4 is 15.7 Å². The van der Waals surface area contributed by atoms with Gasteiger partial charge in [-0.3, -0.25) is 4.79 Å². The van der Waals surface area contributed by atoms with Crippen LogP contribution in [0.3, 0.4) is 0 Å². The predicted molar refractivity (Wildman–Crippen MR) is 88.4 cm³/mol. The summed E-state index contributed by atoms with van der Waals surface area (Å²) in [6.07, 6.45) is 0. The van der Waals surface area contributed by atoms with Crippen LogP contribution in [0.25, 0.3) is 11.0 Å². The van der Waals surface area contributed by atoms with E-state index in [1.807, 2.05) is 0 Å². The molecule has 0 unspecified atom stereocenters. The second kappa shape index (κ2) is 6.33. The molecular weight excluding hydrogens is 337 g/mol. The lowest BCUT2D eigenvalue weighted by atomic mass is 10.1.